The average molecular weight is 295 g/mol. The minimum Gasteiger partial charge on any atom is -0.508 e. The highest BCUT2D eigenvalue weighted by molar-refractivity contribution is 5.82. The van der Waals surface area contributed by atoms with Crippen LogP contribution in [0.15, 0.2) is 56.9 Å². The quantitative estimate of drug-likeness (QED) is 0.588. The van der Waals surface area contributed by atoms with Gasteiger partial charge in [0.15, 0.2) is 0 Å². The first-order valence-corrected chi connectivity index (χ1v) is 6.76. The third-order valence-electron chi connectivity index (χ3n) is 3.69. The Hall–Kier alpha value is -2.95. The highest BCUT2D eigenvalue weighted by Crippen LogP contribution is 2.24. The van der Waals surface area contributed by atoms with Gasteiger partial charge in [-0.25, -0.2) is 4.79 Å². The Labute approximate surface area is 125 Å². The van der Waals surface area contributed by atoms with E-state index in [1.807, 2.05) is 6.92 Å². The summed E-state index contributed by atoms with van der Waals surface area (Å²) in [5.41, 5.74) is 2.57. The summed E-state index contributed by atoms with van der Waals surface area (Å²) in [4.78, 5) is 22.6. The second-order valence-electron chi connectivity index (χ2n) is 5.11. The lowest BCUT2D eigenvalue weighted by Crippen LogP contribution is -2.10. The molecule has 0 spiro atoms. The van der Waals surface area contributed by atoms with Crippen molar-refractivity contribution >= 4 is 16.7 Å². The van der Waals surface area contributed by atoms with Crippen molar-refractivity contribution in [1.82, 2.24) is 0 Å². The number of aromatic hydroxyl groups is 1. The predicted molar refractivity (Wildman–Crippen MR) is 83.6 cm³/mol. The Kier molecular flexibility index (Phi) is 3.47. The Morgan fingerprint density at radius 2 is 1.86 bits per heavy atom. The zero-order valence-electron chi connectivity index (χ0n) is 11.9. The summed E-state index contributed by atoms with van der Waals surface area (Å²) in [5.74, 6) is 0.0553. The maximum atomic E-state index is 12.2. The van der Waals surface area contributed by atoms with Crippen LogP contribution in [0.2, 0.25) is 0 Å². The summed E-state index contributed by atoms with van der Waals surface area (Å²) in [6, 6.07) is 11.5. The van der Waals surface area contributed by atoms with Gasteiger partial charge in [0.05, 0.1) is 0 Å². The molecule has 3 aromatic rings. The molecule has 2 aromatic carbocycles. The Morgan fingerprint density at radius 1 is 1.14 bits per heavy atom. The molecule has 1 aromatic heterocycles. The molecule has 0 saturated heterocycles. The largest absolute Gasteiger partial charge is 0.508 e. The molecular formula is C17H13NO4. The van der Waals surface area contributed by atoms with Gasteiger partial charge in [0.1, 0.15) is 17.0 Å². The van der Waals surface area contributed by atoms with Crippen molar-refractivity contribution in [2.24, 2.45) is 5.18 Å². The number of phenolic OH excluding ortho intramolecular Hbond substituents is 1. The summed E-state index contributed by atoms with van der Waals surface area (Å²) in [7, 11) is 0. The molecule has 3 rings (SSSR count). The Balaban J connectivity index is 2.08. The van der Waals surface area contributed by atoms with Gasteiger partial charge < -0.3 is 9.52 Å². The van der Waals surface area contributed by atoms with E-state index < -0.39 is 5.63 Å². The highest BCUT2D eigenvalue weighted by atomic mass is 16.4. The number of benzene rings is 2. The van der Waals surface area contributed by atoms with Crippen LogP contribution in [0.3, 0.4) is 0 Å². The first-order valence-electron chi connectivity index (χ1n) is 6.76. The summed E-state index contributed by atoms with van der Waals surface area (Å²) in [5, 5.41) is 13.1. The third-order valence-corrected chi connectivity index (χ3v) is 3.69. The molecule has 5 nitrogen and oxygen atoms in total. The van der Waals surface area contributed by atoms with Gasteiger partial charge in [-0.15, -0.1) is 4.91 Å². The molecule has 1 heterocycles. The number of aryl methyl sites for hydroxylation is 1. The van der Waals surface area contributed by atoms with Crippen LogP contribution < -0.4 is 5.63 Å². The summed E-state index contributed by atoms with van der Waals surface area (Å²) >= 11 is 0. The number of fused-ring (bicyclic) bond motifs is 1. The van der Waals surface area contributed by atoms with Gasteiger partial charge in [-0.05, 0) is 47.5 Å². The number of hydrogen-bond donors (Lipinski definition) is 1. The van der Waals surface area contributed by atoms with Crippen molar-refractivity contribution in [3.8, 4) is 5.75 Å². The number of hydrogen-bond acceptors (Lipinski definition) is 5. The number of phenols is 1. The Morgan fingerprint density at radius 3 is 2.55 bits per heavy atom. The fourth-order valence-electron chi connectivity index (χ4n) is 2.47. The smallest absolute Gasteiger partial charge is 0.340 e. The standard InChI is InChI=1S/C17H13NO4/c1-10-14-7-6-13(19)9-16(14)22-17(20)15(10)8-11-2-4-12(18-21)5-3-11/h2-7,9,19H,8H2,1H3. The van der Waals surface area contributed by atoms with E-state index in [2.05, 4.69) is 5.18 Å². The normalized spacial score (nSPS) is 10.8. The van der Waals surface area contributed by atoms with E-state index >= 15 is 0 Å². The molecule has 0 unspecified atom stereocenters. The Bertz CT molecular complexity index is 910. The van der Waals surface area contributed by atoms with Gasteiger partial charge >= 0.3 is 5.63 Å². The molecule has 110 valence electrons. The first-order chi connectivity index (χ1) is 10.6. The molecule has 1 N–H and O–H groups in total. The topological polar surface area (TPSA) is 79.9 Å². The van der Waals surface area contributed by atoms with Gasteiger partial charge in [-0.1, -0.05) is 12.1 Å². The van der Waals surface area contributed by atoms with Gasteiger partial charge in [-0.3, -0.25) is 0 Å². The number of nitroso groups, excluding NO2 is 1. The number of nitrogens with zero attached hydrogens (tertiary/aromatic N) is 1. The molecular weight excluding hydrogens is 282 g/mol. The van der Waals surface area contributed by atoms with Crippen LogP contribution in [0, 0.1) is 11.8 Å². The molecule has 0 radical (unpaired) electrons. The van der Waals surface area contributed by atoms with Crippen LogP contribution in [-0.4, -0.2) is 5.11 Å². The second-order valence-corrected chi connectivity index (χ2v) is 5.11. The van der Waals surface area contributed by atoms with Crippen molar-refractivity contribution in [2.75, 3.05) is 0 Å². The molecule has 0 aliphatic carbocycles. The second kappa shape index (κ2) is 5.44. The number of rotatable bonds is 3. The first kappa shape index (κ1) is 14.0. The molecule has 22 heavy (non-hydrogen) atoms. The maximum Gasteiger partial charge on any atom is 0.340 e. The molecule has 5 heteroatoms. The lowest BCUT2D eigenvalue weighted by molar-refractivity contribution is 0.472. The maximum absolute atomic E-state index is 12.2. The highest BCUT2D eigenvalue weighted by Gasteiger charge is 2.12. The molecule has 0 bridgehead atoms. The summed E-state index contributed by atoms with van der Waals surface area (Å²) < 4.78 is 5.29. The van der Waals surface area contributed by atoms with Gasteiger partial charge in [0.25, 0.3) is 0 Å². The fraction of sp³-hybridized carbons (Fsp3) is 0.118. The molecule has 0 saturated carbocycles. The van der Waals surface area contributed by atoms with Crippen LogP contribution in [0.1, 0.15) is 16.7 Å². The zero-order chi connectivity index (χ0) is 15.7. The summed E-state index contributed by atoms with van der Waals surface area (Å²) in [6.07, 6.45) is 0.407. The zero-order valence-corrected chi connectivity index (χ0v) is 11.9. The lowest BCUT2D eigenvalue weighted by Gasteiger charge is -2.08. The van der Waals surface area contributed by atoms with Crippen LogP contribution in [0.25, 0.3) is 11.0 Å². The lowest BCUT2D eigenvalue weighted by atomic mass is 9.99. The minimum atomic E-state index is -0.423. The van der Waals surface area contributed by atoms with Gasteiger partial charge in [0, 0.05) is 23.4 Å². The summed E-state index contributed by atoms with van der Waals surface area (Å²) in [6.45, 7) is 1.85. The minimum absolute atomic E-state index is 0.0553. The SMILES string of the molecule is Cc1c(Cc2ccc(N=O)cc2)c(=O)oc2cc(O)ccc12. The van der Waals surface area contributed by atoms with Crippen LogP contribution in [-0.2, 0) is 6.42 Å². The van der Waals surface area contributed by atoms with E-state index in [0.29, 0.717) is 23.3 Å². The predicted octanol–water partition coefficient (Wildman–Crippen LogP) is 3.80. The van der Waals surface area contributed by atoms with Crippen molar-refractivity contribution in [1.29, 1.82) is 0 Å². The van der Waals surface area contributed by atoms with Crippen molar-refractivity contribution in [3.05, 3.63) is 74.5 Å². The van der Waals surface area contributed by atoms with E-state index in [0.717, 1.165) is 16.5 Å². The fourth-order valence-corrected chi connectivity index (χ4v) is 2.47. The van der Waals surface area contributed by atoms with E-state index in [9.17, 15) is 14.8 Å². The van der Waals surface area contributed by atoms with E-state index in [1.165, 1.54) is 6.07 Å². The van der Waals surface area contributed by atoms with Gasteiger partial charge in [0.2, 0.25) is 0 Å². The van der Waals surface area contributed by atoms with Crippen molar-refractivity contribution in [2.45, 2.75) is 13.3 Å². The van der Waals surface area contributed by atoms with Crippen molar-refractivity contribution < 1.29 is 9.52 Å². The van der Waals surface area contributed by atoms with Crippen molar-refractivity contribution in [3.63, 3.8) is 0 Å². The molecule has 0 amide bonds. The van der Waals surface area contributed by atoms with Crippen LogP contribution in [0.5, 0.6) is 5.75 Å². The van der Waals surface area contributed by atoms with E-state index in [1.54, 1.807) is 36.4 Å². The molecule has 0 atom stereocenters. The molecule has 0 aliphatic rings. The van der Waals surface area contributed by atoms with Gasteiger partial charge in [-0.2, -0.15) is 0 Å². The molecule has 0 fully saturated rings. The van der Waals surface area contributed by atoms with E-state index in [4.69, 9.17) is 4.42 Å². The van der Waals surface area contributed by atoms with Crippen LogP contribution in [0.4, 0.5) is 5.69 Å². The average Bonchev–Trinajstić information content (AvgIpc) is 2.51. The van der Waals surface area contributed by atoms with E-state index in [-0.39, 0.29) is 5.75 Å². The monoisotopic (exact) mass is 295 g/mol. The third kappa shape index (κ3) is 2.48. The van der Waals surface area contributed by atoms with Crippen LogP contribution >= 0.6 is 0 Å². The molecule has 0 aliphatic heterocycles.